The van der Waals surface area contributed by atoms with Gasteiger partial charge in [0.2, 0.25) is 0 Å². The van der Waals surface area contributed by atoms with Crippen molar-refractivity contribution in [1.29, 1.82) is 0 Å². The zero-order valence-corrected chi connectivity index (χ0v) is 10.3. The van der Waals surface area contributed by atoms with Crippen molar-refractivity contribution in [3.8, 4) is 5.75 Å². The van der Waals surface area contributed by atoms with Gasteiger partial charge in [-0.05, 0) is 30.3 Å². The zero-order chi connectivity index (χ0) is 13.1. The highest BCUT2D eigenvalue weighted by Crippen LogP contribution is 2.24. The lowest BCUT2D eigenvalue weighted by molar-refractivity contribution is 0.101. The van der Waals surface area contributed by atoms with Crippen LogP contribution in [0.15, 0.2) is 36.5 Å². The van der Waals surface area contributed by atoms with Crippen LogP contribution in [0.2, 0.25) is 0 Å². The first kappa shape index (κ1) is 12.0. The molecule has 0 saturated heterocycles. The van der Waals surface area contributed by atoms with Gasteiger partial charge >= 0.3 is 0 Å². The van der Waals surface area contributed by atoms with Crippen LogP contribution >= 0.6 is 0 Å². The van der Waals surface area contributed by atoms with Gasteiger partial charge in [0.25, 0.3) is 5.91 Å². The van der Waals surface area contributed by atoms with Gasteiger partial charge in [-0.1, -0.05) is 0 Å². The van der Waals surface area contributed by atoms with E-state index < -0.39 is 0 Å². The first-order chi connectivity index (χ1) is 8.61. The van der Waals surface area contributed by atoms with E-state index in [2.05, 4.69) is 5.32 Å². The highest BCUT2D eigenvalue weighted by atomic mass is 16.5. The Kier molecular flexibility index (Phi) is 3.23. The lowest BCUT2D eigenvalue weighted by atomic mass is 10.2. The van der Waals surface area contributed by atoms with Gasteiger partial charge in [0, 0.05) is 18.9 Å². The number of hydrogen-bond acceptors (Lipinski definition) is 3. The molecule has 0 aliphatic heterocycles. The van der Waals surface area contributed by atoms with E-state index in [-0.39, 0.29) is 5.91 Å². The zero-order valence-electron chi connectivity index (χ0n) is 10.3. The maximum absolute atomic E-state index is 12.0. The minimum Gasteiger partial charge on any atom is -0.495 e. The number of aryl methyl sites for hydroxylation is 1. The Morgan fingerprint density at radius 3 is 2.72 bits per heavy atom. The average Bonchev–Trinajstić information content (AvgIpc) is 2.76. The molecule has 0 bridgehead atoms. The number of ether oxygens (including phenoxy) is 1. The van der Waals surface area contributed by atoms with Crippen molar-refractivity contribution < 1.29 is 9.53 Å². The van der Waals surface area contributed by atoms with Gasteiger partial charge in [0.15, 0.2) is 0 Å². The Balaban J connectivity index is 2.17. The van der Waals surface area contributed by atoms with Crippen LogP contribution in [0.1, 0.15) is 10.5 Å². The van der Waals surface area contributed by atoms with Gasteiger partial charge in [-0.3, -0.25) is 4.79 Å². The van der Waals surface area contributed by atoms with E-state index in [4.69, 9.17) is 10.5 Å². The number of anilines is 2. The summed E-state index contributed by atoms with van der Waals surface area (Å²) in [6, 6.07) is 8.70. The van der Waals surface area contributed by atoms with E-state index in [9.17, 15) is 4.79 Å². The third kappa shape index (κ3) is 2.29. The molecule has 0 saturated carbocycles. The van der Waals surface area contributed by atoms with Crippen molar-refractivity contribution in [3.05, 3.63) is 42.2 Å². The molecule has 94 valence electrons. The molecule has 1 amide bonds. The fourth-order valence-electron chi connectivity index (χ4n) is 1.70. The average molecular weight is 245 g/mol. The molecule has 3 N–H and O–H groups in total. The molecule has 1 aromatic heterocycles. The number of nitrogens with zero attached hydrogens (tertiary/aromatic N) is 1. The molecule has 0 atom stereocenters. The summed E-state index contributed by atoms with van der Waals surface area (Å²) in [5.41, 5.74) is 7.49. The lowest BCUT2D eigenvalue weighted by Gasteiger charge is -2.09. The number of aromatic nitrogens is 1. The Hall–Kier alpha value is -2.43. The quantitative estimate of drug-likeness (QED) is 0.811. The topological polar surface area (TPSA) is 69.3 Å². The second-order valence-corrected chi connectivity index (χ2v) is 3.92. The molecule has 0 aliphatic carbocycles. The normalized spacial score (nSPS) is 10.1. The van der Waals surface area contributed by atoms with Gasteiger partial charge in [-0.2, -0.15) is 0 Å². The fourth-order valence-corrected chi connectivity index (χ4v) is 1.70. The molecule has 2 rings (SSSR count). The lowest BCUT2D eigenvalue weighted by Crippen LogP contribution is -2.15. The van der Waals surface area contributed by atoms with Crippen molar-refractivity contribution in [2.45, 2.75) is 0 Å². The molecular formula is C13H15N3O2. The van der Waals surface area contributed by atoms with Crippen LogP contribution < -0.4 is 15.8 Å². The number of hydrogen-bond donors (Lipinski definition) is 2. The summed E-state index contributed by atoms with van der Waals surface area (Å²) < 4.78 is 6.81. The minimum absolute atomic E-state index is 0.174. The van der Waals surface area contributed by atoms with Crippen molar-refractivity contribution in [3.63, 3.8) is 0 Å². The van der Waals surface area contributed by atoms with Crippen LogP contribution in [0.4, 0.5) is 11.4 Å². The number of nitrogen functional groups attached to an aromatic ring is 1. The molecule has 0 radical (unpaired) electrons. The molecule has 2 aromatic rings. The number of rotatable bonds is 3. The Bertz CT molecular complexity index is 575. The summed E-state index contributed by atoms with van der Waals surface area (Å²) in [5.74, 6) is 0.416. The van der Waals surface area contributed by atoms with E-state index in [1.54, 1.807) is 35.9 Å². The molecule has 0 unspecified atom stereocenters. The van der Waals surface area contributed by atoms with E-state index in [0.717, 1.165) is 0 Å². The van der Waals surface area contributed by atoms with Crippen molar-refractivity contribution in [1.82, 2.24) is 4.57 Å². The maximum atomic E-state index is 12.0. The van der Waals surface area contributed by atoms with Crippen LogP contribution in [0.5, 0.6) is 5.75 Å². The number of methoxy groups -OCH3 is 1. The van der Waals surface area contributed by atoms with Crippen LogP contribution in [0.3, 0.4) is 0 Å². The molecule has 0 aliphatic rings. The van der Waals surface area contributed by atoms with Gasteiger partial charge in [0.1, 0.15) is 11.4 Å². The smallest absolute Gasteiger partial charge is 0.272 e. The largest absolute Gasteiger partial charge is 0.495 e. The van der Waals surface area contributed by atoms with Crippen LogP contribution in [0, 0.1) is 0 Å². The highest BCUT2D eigenvalue weighted by Gasteiger charge is 2.09. The molecule has 0 spiro atoms. The summed E-state index contributed by atoms with van der Waals surface area (Å²) in [6.07, 6.45) is 1.82. The second kappa shape index (κ2) is 4.83. The maximum Gasteiger partial charge on any atom is 0.272 e. The monoisotopic (exact) mass is 245 g/mol. The second-order valence-electron chi connectivity index (χ2n) is 3.92. The summed E-state index contributed by atoms with van der Waals surface area (Å²) >= 11 is 0. The summed E-state index contributed by atoms with van der Waals surface area (Å²) in [4.78, 5) is 12.0. The minimum atomic E-state index is -0.174. The number of nitrogens with one attached hydrogen (secondary N) is 1. The van der Waals surface area contributed by atoms with Crippen molar-refractivity contribution >= 4 is 17.3 Å². The van der Waals surface area contributed by atoms with E-state index in [1.165, 1.54) is 0 Å². The van der Waals surface area contributed by atoms with E-state index >= 15 is 0 Å². The molecule has 5 nitrogen and oxygen atoms in total. The Morgan fingerprint density at radius 1 is 1.39 bits per heavy atom. The van der Waals surface area contributed by atoms with Crippen molar-refractivity contribution in [2.75, 3.05) is 18.2 Å². The summed E-state index contributed by atoms with van der Waals surface area (Å²) in [5, 5.41) is 2.78. The number of carbonyl (C=O) groups excluding carboxylic acids is 1. The Labute approximate surface area is 105 Å². The predicted molar refractivity (Wildman–Crippen MR) is 70.8 cm³/mol. The standard InChI is InChI=1S/C13H15N3O2/c1-16-7-3-4-11(16)13(17)15-9-5-6-12(18-2)10(14)8-9/h3-8H,14H2,1-2H3,(H,15,17). The molecule has 5 heteroatoms. The van der Waals surface area contributed by atoms with Crippen molar-refractivity contribution in [2.24, 2.45) is 7.05 Å². The molecule has 1 heterocycles. The third-order valence-corrected chi connectivity index (χ3v) is 2.66. The first-order valence-corrected chi connectivity index (χ1v) is 5.48. The highest BCUT2D eigenvalue weighted by molar-refractivity contribution is 6.03. The Morgan fingerprint density at radius 2 is 2.17 bits per heavy atom. The molecule has 18 heavy (non-hydrogen) atoms. The van der Waals surface area contributed by atoms with Crippen LogP contribution in [-0.2, 0) is 7.05 Å². The SMILES string of the molecule is COc1ccc(NC(=O)c2cccn2C)cc1N. The van der Waals surface area contributed by atoms with Gasteiger partial charge in [-0.15, -0.1) is 0 Å². The third-order valence-electron chi connectivity index (χ3n) is 2.66. The summed E-state index contributed by atoms with van der Waals surface area (Å²) in [7, 11) is 3.37. The molecular weight excluding hydrogens is 230 g/mol. The van der Waals surface area contributed by atoms with Gasteiger partial charge in [0.05, 0.1) is 12.8 Å². The number of amides is 1. The fraction of sp³-hybridized carbons (Fsp3) is 0.154. The molecule has 1 aromatic carbocycles. The van der Waals surface area contributed by atoms with Crippen LogP contribution in [0.25, 0.3) is 0 Å². The number of carbonyl (C=O) groups is 1. The molecule has 0 fully saturated rings. The van der Waals surface area contributed by atoms with E-state index in [0.29, 0.717) is 22.8 Å². The van der Waals surface area contributed by atoms with Gasteiger partial charge in [-0.25, -0.2) is 0 Å². The summed E-state index contributed by atoms with van der Waals surface area (Å²) in [6.45, 7) is 0. The van der Waals surface area contributed by atoms with Crippen LogP contribution in [-0.4, -0.2) is 17.6 Å². The predicted octanol–water partition coefficient (Wildman–Crippen LogP) is 1.87. The first-order valence-electron chi connectivity index (χ1n) is 5.48. The number of nitrogens with two attached hydrogens (primary N) is 1. The van der Waals surface area contributed by atoms with Gasteiger partial charge < -0.3 is 20.4 Å². The number of benzene rings is 1. The van der Waals surface area contributed by atoms with E-state index in [1.807, 2.05) is 19.3 Å².